The molecule has 1 saturated heterocycles. The number of aryl methyl sites for hydroxylation is 1. The van der Waals surface area contributed by atoms with Gasteiger partial charge in [-0.2, -0.15) is 5.10 Å². The van der Waals surface area contributed by atoms with Gasteiger partial charge in [0.1, 0.15) is 0 Å². The third-order valence-corrected chi connectivity index (χ3v) is 4.47. The fraction of sp³-hybridized carbons (Fsp3) is 0.778. The first-order chi connectivity index (χ1) is 12.3. The summed E-state index contributed by atoms with van der Waals surface area (Å²) in [5.74, 6) is 0.929. The molecule has 1 aliphatic rings. The number of nitrogens with zero attached hydrogens (tertiary/aromatic N) is 5. The molecule has 2 rings (SSSR count). The van der Waals surface area contributed by atoms with E-state index in [1.54, 1.807) is 0 Å². The van der Waals surface area contributed by atoms with Crippen molar-refractivity contribution >= 4 is 5.96 Å². The minimum absolute atomic E-state index is 0.813. The van der Waals surface area contributed by atoms with E-state index >= 15 is 0 Å². The number of rotatable bonds is 9. The topological polar surface area (TPSA) is 60.7 Å². The van der Waals surface area contributed by atoms with E-state index in [9.17, 15) is 0 Å². The van der Waals surface area contributed by atoms with Crippen LogP contribution in [-0.4, -0.2) is 84.9 Å². The smallest absolute Gasteiger partial charge is 0.191 e. The van der Waals surface area contributed by atoms with E-state index < -0.39 is 0 Å². The molecule has 0 atom stereocenters. The third kappa shape index (κ3) is 8.36. The predicted octanol–water partition coefficient (Wildman–Crippen LogP) is 0.856. The summed E-state index contributed by atoms with van der Waals surface area (Å²) in [6.45, 7) is 11.7. The van der Waals surface area contributed by atoms with Crippen molar-refractivity contribution in [1.82, 2.24) is 30.2 Å². The van der Waals surface area contributed by atoms with E-state index in [-0.39, 0.29) is 0 Å². The molecular formula is C18H35N7. The van der Waals surface area contributed by atoms with Crippen LogP contribution < -0.4 is 10.6 Å². The van der Waals surface area contributed by atoms with Gasteiger partial charge in [0, 0.05) is 51.7 Å². The number of aromatic nitrogens is 2. The van der Waals surface area contributed by atoms with Crippen LogP contribution in [0.1, 0.15) is 26.2 Å². The molecule has 0 aliphatic carbocycles. The van der Waals surface area contributed by atoms with Crippen LogP contribution in [0.25, 0.3) is 0 Å². The Morgan fingerprint density at radius 2 is 2.04 bits per heavy atom. The van der Waals surface area contributed by atoms with Crippen molar-refractivity contribution < 1.29 is 0 Å². The Morgan fingerprint density at radius 1 is 1.12 bits per heavy atom. The van der Waals surface area contributed by atoms with E-state index in [0.29, 0.717) is 0 Å². The molecule has 142 valence electrons. The van der Waals surface area contributed by atoms with Crippen molar-refractivity contribution in [1.29, 1.82) is 0 Å². The molecule has 0 aromatic carbocycles. The summed E-state index contributed by atoms with van der Waals surface area (Å²) in [7, 11) is 2.22. The molecular weight excluding hydrogens is 314 g/mol. The number of aliphatic imine (C=N–C) groups is 1. The van der Waals surface area contributed by atoms with Gasteiger partial charge in [-0.05, 0) is 58.9 Å². The monoisotopic (exact) mass is 349 g/mol. The first-order valence-corrected chi connectivity index (χ1v) is 9.68. The molecule has 0 saturated carbocycles. The van der Waals surface area contributed by atoms with Gasteiger partial charge < -0.3 is 20.4 Å². The minimum atomic E-state index is 0.813. The maximum absolute atomic E-state index is 4.66. The molecule has 7 heteroatoms. The van der Waals surface area contributed by atoms with Crippen LogP contribution in [0.5, 0.6) is 0 Å². The summed E-state index contributed by atoms with van der Waals surface area (Å²) in [5, 5.41) is 11.0. The number of hydrogen-bond acceptors (Lipinski definition) is 4. The lowest BCUT2D eigenvalue weighted by Crippen LogP contribution is -2.39. The van der Waals surface area contributed by atoms with Crippen LogP contribution in [0, 0.1) is 0 Å². The van der Waals surface area contributed by atoms with Gasteiger partial charge >= 0.3 is 0 Å². The molecule has 1 aliphatic heterocycles. The zero-order valence-corrected chi connectivity index (χ0v) is 16.0. The zero-order chi connectivity index (χ0) is 17.7. The molecule has 1 aromatic rings. The SMILES string of the molecule is CCNC(=NCCCn1cccn1)NCCCN1CCCN(C)CC1. The molecule has 0 radical (unpaired) electrons. The predicted molar refractivity (Wildman–Crippen MR) is 104 cm³/mol. The minimum Gasteiger partial charge on any atom is -0.357 e. The van der Waals surface area contributed by atoms with Crippen molar-refractivity contribution in [3.05, 3.63) is 18.5 Å². The molecule has 0 bridgehead atoms. The van der Waals surface area contributed by atoms with Crippen molar-refractivity contribution in [3.63, 3.8) is 0 Å². The molecule has 2 N–H and O–H groups in total. The average molecular weight is 350 g/mol. The number of hydrogen-bond donors (Lipinski definition) is 2. The van der Waals surface area contributed by atoms with E-state index in [2.05, 4.69) is 44.5 Å². The van der Waals surface area contributed by atoms with Gasteiger partial charge in [0.05, 0.1) is 0 Å². The van der Waals surface area contributed by atoms with Gasteiger partial charge in [-0.15, -0.1) is 0 Å². The van der Waals surface area contributed by atoms with Crippen molar-refractivity contribution in [2.24, 2.45) is 4.99 Å². The standard InChI is InChI=1S/C18H35N7/c1-3-19-18(21-9-5-14-25-15-6-10-22-25)20-8-4-12-24-13-7-11-23(2)16-17-24/h6,10,15H,3-5,7-9,11-14,16-17H2,1-2H3,(H2,19,20,21). The Labute approximate surface area is 152 Å². The molecule has 25 heavy (non-hydrogen) atoms. The van der Waals surface area contributed by atoms with Crippen LogP contribution in [0.3, 0.4) is 0 Å². The lowest BCUT2D eigenvalue weighted by atomic mass is 10.3. The highest BCUT2D eigenvalue weighted by Gasteiger charge is 2.11. The first kappa shape index (κ1) is 19.7. The lowest BCUT2D eigenvalue weighted by molar-refractivity contribution is 0.274. The number of likely N-dealkylation sites (N-methyl/N-ethyl adjacent to an activating group) is 1. The summed E-state index contributed by atoms with van der Waals surface area (Å²) in [6, 6.07) is 1.96. The van der Waals surface area contributed by atoms with Crippen molar-refractivity contribution in [2.45, 2.75) is 32.7 Å². The quantitative estimate of drug-likeness (QED) is 0.393. The highest BCUT2D eigenvalue weighted by atomic mass is 15.3. The molecule has 7 nitrogen and oxygen atoms in total. The Balaban J connectivity index is 1.60. The zero-order valence-electron chi connectivity index (χ0n) is 16.0. The van der Waals surface area contributed by atoms with Gasteiger partial charge in [0.2, 0.25) is 0 Å². The molecule has 1 fully saturated rings. The molecule has 0 unspecified atom stereocenters. The summed E-state index contributed by atoms with van der Waals surface area (Å²) in [4.78, 5) is 9.67. The molecule has 0 spiro atoms. The van der Waals surface area contributed by atoms with Gasteiger partial charge in [-0.3, -0.25) is 9.67 Å². The van der Waals surface area contributed by atoms with E-state index in [1.165, 1.54) is 39.1 Å². The van der Waals surface area contributed by atoms with Crippen LogP contribution >= 0.6 is 0 Å². The van der Waals surface area contributed by atoms with E-state index in [4.69, 9.17) is 0 Å². The largest absolute Gasteiger partial charge is 0.357 e. The van der Waals surface area contributed by atoms with Crippen LogP contribution in [-0.2, 0) is 6.54 Å². The second-order valence-electron chi connectivity index (χ2n) is 6.66. The number of nitrogens with one attached hydrogen (secondary N) is 2. The van der Waals surface area contributed by atoms with Gasteiger partial charge in [-0.1, -0.05) is 0 Å². The van der Waals surface area contributed by atoms with Crippen LogP contribution in [0.15, 0.2) is 23.5 Å². The van der Waals surface area contributed by atoms with Crippen LogP contribution in [0.2, 0.25) is 0 Å². The van der Waals surface area contributed by atoms with E-state index in [1.807, 2.05) is 23.1 Å². The molecule has 0 amide bonds. The van der Waals surface area contributed by atoms with Crippen molar-refractivity contribution in [2.75, 3.05) is 59.4 Å². The second kappa shape index (κ2) is 11.9. The number of guanidine groups is 1. The lowest BCUT2D eigenvalue weighted by Gasteiger charge is -2.20. The maximum Gasteiger partial charge on any atom is 0.191 e. The first-order valence-electron chi connectivity index (χ1n) is 9.68. The Bertz CT molecular complexity index is 472. The van der Waals surface area contributed by atoms with Gasteiger partial charge in [-0.25, -0.2) is 0 Å². The average Bonchev–Trinajstić information content (AvgIpc) is 3.04. The van der Waals surface area contributed by atoms with Crippen molar-refractivity contribution in [3.8, 4) is 0 Å². The molecule has 1 aromatic heterocycles. The fourth-order valence-corrected chi connectivity index (χ4v) is 3.03. The highest BCUT2D eigenvalue weighted by Crippen LogP contribution is 2.01. The summed E-state index contributed by atoms with van der Waals surface area (Å²) in [6.07, 6.45) is 7.25. The Hall–Kier alpha value is -1.60. The normalized spacial score (nSPS) is 17.4. The van der Waals surface area contributed by atoms with E-state index in [0.717, 1.165) is 45.0 Å². The Morgan fingerprint density at radius 3 is 2.84 bits per heavy atom. The Kier molecular flexibility index (Phi) is 9.36. The fourth-order valence-electron chi connectivity index (χ4n) is 3.03. The third-order valence-electron chi connectivity index (χ3n) is 4.47. The van der Waals surface area contributed by atoms with Gasteiger partial charge in [0.15, 0.2) is 5.96 Å². The maximum atomic E-state index is 4.66. The van der Waals surface area contributed by atoms with Crippen LogP contribution in [0.4, 0.5) is 0 Å². The summed E-state index contributed by atoms with van der Waals surface area (Å²) in [5.41, 5.74) is 0. The highest BCUT2D eigenvalue weighted by molar-refractivity contribution is 5.79. The van der Waals surface area contributed by atoms with Gasteiger partial charge in [0.25, 0.3) is 0 Å². The summed E-state index contributed by atoms with van der Waals surface area (Å²) >= 11 is 0. The second-order valence-corrected chi connectivity index (χ2v) is 6.66. The molecule has 2 heterocycles. The summed E-state index contributed by atoms with van der Waals surface area (Å²) < 4.78 is 1.95.